The van der Waals surface area contributed by atoms with Crippen molar-refractivity contribution in [3.8, 4) is 0 Å². The van der Waals surface area contributed by atoms with Crippen LogP contribution in [0.3, 0.4) is 0 Å². The summed E-state index contributed by atoms with van der Waals surface area (Å²) in [6, 6.07) is 29.1. The van der Waals surface area contributed by atoms with Gasteiger partial charge in [0.1, 0.15) is 0 Å². The van der Waals surface area contributed by atoms with Gasteiger partial charge < -0.3 is 20.4 Å². The summed E-state index contributed by atoms with van der Waals surface area (Å²) in [5.74, 6) is 0.102. The van der Waals surface area contributed by atoms with Gasteiger partial charge in [0.25, 0.3) is 0 Å². The molecule has 1 amide bonds. The van der Waals surface area contributed by atoms with Crippen molar-refractivity contribution < 1.29 is 42.3 Å². The van der Waals surface area contributed by atoms with Crippen molar-refractivity contribution in [1.82, 2.24) is 9.97 Å². The molecule has 209 valence electrons. The third kappa shape index (κ3) is 11.4. The Balaban J connectivity index is 0.000000190. The molecule has 0 atom stereocenters. The molecule has 0 saturated carbocycles. The van der Waals surface area contributed by atoms with E-state index in [0.717, 1.165) is 33.4 Å². The zero-order valence-corrected chi connectivity index (χ0v) is 27.2. The van der Waals surface area contributed by atoms with Gasteiger partial charge in [-0.05, 0) is 62.2 Å². The van der Waals surface area contributed by atoms with Crippen LogP contribution < -0.4 is 10.6 Å². The number of aryl methyl sites for hydroxylation is 4. The third-order valence-corrected chi connectivity index (χ3v) is 6.08. The first kappa shape index (κ1) is 33.6. The van der Waals surface area contributed by atoms with Crippen molar-refractivity contribution in [2.75, 3.05) is 17.7 Å². The molecule has 3 N–H and O–H groups in total. The number of amides is 1. The van der Waals surface area contributed by atoms with Gasteiger partial charge in [-0.1, -0.05) is 48.4 Å². The molecular formula is C34H36N4O2Y-2. The number of aromatic nitrogens is 2. The number of carbonyl (C=O) groups excluding carboxylic acids is 2. The summed E-state index contributed by atoms with van der Waals surface area (Å²) < 4.78 is 0. The Labute approximate surface area is 268 Å². The van der Waals surface area contributed by atoms with Crippen molar-refractivity contribution in [2.24, 2.45) is 0 Å². The summed E-state index contributed by atoms with van der Waals surface area (Å²) >= 11 is 0. The number of fused-ring (bicyclic) bond motifs is 2. The molecule has 4 aromatic carbocycles. The molecule has 2 heterocycles. The molecule has 1 aliphatic heterocycles. The predicted octanol–water partition coefficient (Wildman–Crippen LogP) is 6.84. The summed E-state index contributed by atoms with van der Waals surface area (Å²) in [5.41, 5.74) is 11.2. The SMILES string of the molecule is CNc1ccc(C)cc1.Cc1cc[c-]c(C[C-]=O)c1.Cc1ccc2c(c1)CC(=O)N2.Cc1ccc2nc[nH]c2c1.[Y]. The molecule has 6 rings (SSSR count). The van der Waals surface area contributed by atoms with Crippen LogP contribution in [-0.4, -0.2) is 29.2 Å². The molecule has 0 unspecified atom stereocenters. The minimum Gasteiger partial charge on any atom is -0.542 e. The molecule has 5 aromatic rings. The minimum atomic E-state index is 0. The molecule has 41 heavy (non-hydrogen) atoms. The number of anilines is 2. The summed E-state index contributed by atoms with van der Waals surface area (Å²) in [7, 11) is 1.92. The number of benzene rings is 4. The summed E-state index contributed by atoms with van der Waals surface area (Å²) in [6.45, 7) is 8.17. The first-order valence-corrected chi connectivity index (χ1v) is 13.1. The van der Waals surface area contributed by atoms with Gasteiger partial charge in [0.2, 0.25) is 5.91 Å². The fourth-order valence-electron chi connectivity index (χ4n) is 3.95. The number of hydrogen-bond donors (Lipinski definition) is 3. The molecule has 1 aromatic heterocycles. The molecule has 6 nitrogen and oxygen atoms in total. The van der Waals surface area contributed by atoms with Gasteiger partial charge >= 0.3 is 0 Å². The van der Waals surface area contributed by atoms with Gasteiger partial charge in [-0.15, -0.1) is 6.42 Å². The van der Waals surface area contributed by atoms with E-state index in [1.165, 1.54) is 22.4 Å². The molecule has 7 heteroatoms. The average Bonchev–Trinajstić information content (AvgIpc) is 3.55. The average molecular weight is 622 g/mol. The molecule has 0 spiro atoms. The maximum absolute atomic E-state index is 10.9. The van der Waals surface area contributed by atoms with Crippen molar-refractivity contribution in [2.45, 2.75) is 40.5 Å². The number of H-pyrrole nitrogens is 1. The Hall–Kier alpha value is -3.61. The van der Waals surface area contributed by atoms with Crippen molar-refractivity contribution in [1.29, 1.82) is 0 Å². The monoisotopic (exact) mass is 621 g/mol. The fourth-order valence-corrected chi connectivity index (χ4v) is 3.95. The van der Waals surface area contributed by atoms with Gasteiger partial charge in [0, 0.05) is 51.1 Å². The van der Waals surface area contributed by atoms with Crippen LogP contribution in [0.4, 0.5) is 11.4 Å². The van der Waals surface area contributed by atoms with Crippen LogP contribution in [0, 0.1) is 33.8 Å². The predicted molar refractivity (Wildman–Crippen MR) is 164 cm³/mol. The molecule has 1 radical (unpaired) electrons. The molecule has 1 aliphatic rings. The van der Waals surface area contributed by atoms with E-state index in [0.29, 0.717) is 12.8 Å². The second-order valence-electron chi connectivity index (χ2n) is 9.64. The fraction of sp³-hybridized carbons (Fsp3) is 0.206. The Morgan fingerprint density at radius 1 is 0.878 bits per heavy atom. The zero-order chi connectivity index (χ0) is 28.9. The number of carbonyl (C=O) groups is 1. The minimum absolute atomic E-state index is 0. The maximum atomic E-state index is 10.9. The molecule has 0 bridgehead atoms. The second kappa shape index (κ2) is 17.3. The third-order valence-electron chi connectivity index (χ3n) is 6.08. The van der Waals surface area contributed by atoms with Crippen LogP contribution in [0.1, 0.15) is 33.4 Å². The van der Waals surface area contributed by atoms with E-state index in [2.05, 4.69) is 76.9 Å². The second-order valence-corrected chi connectivity index (χ2v) is 9.64. The maximum Gasteiger partial charge on any atom is 0.228 e. The number of aromatic amines is 1. The van der Waals surface area contributed by atoms with Crippen LogP contribution in [0.25, 0.3) is 11.0 Å². The first-order valence-electron chi connectivity index (χ1n) is 13.1. The molecule has 0 aliphatic carbocycles. The van der Waals surface area contributed by atoms with E-state index in [4.69, 9.17) is 0 Å². The van der Waals surface area contributed by atoms with Gasteiger partial charge in [0.15, 0.2) is 0 Å². The van der Waals surface area contributed by atoms with E-state index in [-0.39, 0.29) is 38.6 Å². The van der Waals surface area contributed by atoms with Crippen LogP contribution >= 0.6 is 0 Å². The standard InChI is InChI=1S/C9H9NO.C9H8O.C8H8N2.C8H11N.Y/c1-6-2-3-8-7(4-6)5-9(11)10-8;1-8-3-2-4-9(7-8)5-6-10;1-6-2-3-7-8(4-6)10-5-9-7;1-7-3-5-8(9-2)6-4-7;/h2-4H,5H2,1H3,(H,10,11);2-3,7H,5H2,1H3;2-5H,1H3,(H,9,10);3-6,9H,1-2H3;/q;-2;;;. The van der Waals surface area contributed by atoms with E-state index in [1.807, 2.05) is 69.6 Å². The van der Waals surface area contributed by atoms with Gasteiger partial charge in [-0.3, -0.25) is 11.1 Å². The van der Waals surface area contributed by atoms with Crippen molar-refractivity contribution in [3.05, 3.63) is 125 Å². The number of hydrogen-bond acceptors (Lipinski definition) is 4. The Kier molecular flexibility index (Phi) is 14.1. The normalized spacial score (nSPS) is 10.7. The van der Waals surface area contributed by atoms with Gasteiger partial charge in [0.05, 0.1) is 23.8 Å². The number of nitrogens with one attached hydrogen (secondary N) is 3. The number of nitrogens with zero attached hydrogens (tertiary/aromatic N) is 1. The quantitative estimate of drug-likeness (QED) is 0.193. The number of imidazole rings is 1. The van der Waals surface area contributed by atoms with Crippen LogP contribution in [-0.2, 0) is 55.1 Å². The van der Waals surface area contributed by atoms with E-state index < -0.39 is 0 Å². The smallest absolute Gasteiger partial charge is 0.228 e. The summed E-state index contributed by atoms with van der Waals surface area (Å²) in [4.78, 5) is 28.0. The van der Waals surface area contributed by atoms with E-state index in [9.17, 15) is 9.59 Å². The largest absolute Gasteiger partial charge is 0.542 e. The Morgan fingerprint density at radius 2 is 1.54 bits per heavy atom. The summed E-state index contributed by atoms with van der Waals surface area (Å²) in [5, 5.41) is 5.84. The van der Waals surface area contributed by atoms with E-state index >= 15 is 0 Å². The Morgan fingerprint density at radius 3 is 2.22 bits per heavy atom. The van der Waals surface area contributed by atoms with Crippen molar-refractivity contribution >= 4 is 34.6 Å². The van der Waals surface area contributed by atoms with E-state index in [1.54, 1.807) is 6.33 Å². The molecule has 0 saturated heterocycles. The molecular weight excluding hydrogens is 585 g/mol. The van der Waals surface area contributed by atoms with Crippen LogP contribution in [0.5, 0.6) is 0 Å². The Bertz CT molecular complexity index is 1540. The topological polar surface area (TPSA) is 86.9 Å². The number of rotatable bonds is 3. The van der Waals surface area contributed by atoms with Crippen LogP contribution in [0.15, 0.2) is 85.2 Å². The van der Waals surface area contributed by atoms with Gasteiger partial charge in [-0.25, -0.2) is 4.98 Å². The van der Waals surface area contributed by atoms with Gasteiger partial charge in [-0.2, -0.15) is 35.4 Å². The zero-order valence-electron chi connectivity index (χ0n) is 24.3. The van der Waals surface area contributed by atoms with Crippen LogP contribution in [0.2, 0.25) is 0 Å². The molecule has 0 fully saturated rings. The summed E-state index contributed by atoms with van der Waals surface area (Å²) in [6.07, 6.45) is 4.43. The first-order chi connectivity index (χ1) is 19.3. The van der Waals surface area contributed by atoms with Crippen molar-refractivity contribution in [3.63, 3.8) is 0 Å².